The molecule has 5 heteroatoms. The van der Waals surface area contributed by atoms with Crippen molar-refractivity contribution >= 4 is 17.5 Å². The highest BCUT2D eigenvalue weighted by Crippen LogP contribution is 2.29. The van der Waals surface area contributed by atoms with E-state index in [4.69, 9.17) is 8.83 Å². The van der Waals surface area contributed by atoms with Gasteiger partial charge >= 0.3 is 0 Å². The van der Waals surface area contributed by atoms with Gasteiger partial charge < -0.3 is 8.83 Å². The predicted molar refractivity (Wildman–Crippen MR) is 58.8 cm³/mol. The fraction of sp³-hybridized carbons (Fsp3) is 0.273. The molecule has 0 aliphatic heterocycles. The number of carbonyl (C=O) groups excluding carboxylic acids is 1. The molecule has 0 saturated carbocycles. The van der Waals surface area contributed by atoms with Crippen LogP contribution in [0.4, 0.5) is 0 Å². The Bertz CT molecular complexity index is 508. The Hall–Kier alpha value is -1.49. The number of carbonyl (C=O) groups is 1. The molecular formula is C11H11NO3S. The lowest BCUT2D eigenvalue weighted by Gasteiger charge is -1.90. The van der Waals surface area contributed by atoms with Gasteiger partial charge in [-0.1, -0.05) is 0 Å². The van der Waals surface area contributed by atoms with Crippen LogP contribution in [-0.2, 0) is 0 Å². The van der Waals surface area contributed by atoms with Crippen LogP contribution in [0.5, 0.6) is 0 Å². The Kier molecular flexibility index (Phi) is 2.87. The molecule has 0 saturated heterocycles. The summed E-state index contributed by atoms with van der Waals surface area (Å²) in [6.45, 7) is 5.20. The van der Waals surface area contributed by atoms with Crippen molar-refractivity contribution in [2.75, 3.05) is 0 Å². The van der Waals surface area contributed by atoms with Crippen LogP contribution >= 0.6 is 11.8 Å². The molecule has 2 rings (SSSR count). The first-order valence-corrected chi connectivity index (χ1v) is 5.60. The Balaban J connectivity index is 2.17. The zero-order valence-corrected chi connectivity index (χ0v) is 10.1. The second-order valence-electron chi connectivity index (χ2n) is 3.40. The van der Waals surface area contributed by atoms with Gasteiger partial charge in [0.25, 0.3) is 5.22 Å². The molecule has 0 aromatic carbocycles. The number of aromatic nitrogens is 1. The van der Waals surface area contributed by atoms with Crippen molar-refractivity contribution in [2.24, 2.45) is 0 Å². The molecule has 84 valence electrons. The van der Waals surface area contributed by atoms with Crippen molar-refractivity contribution in [3.05, 3.63) is 29.3 Å². The molecule has 0 unspecified atom stereocenters. The largest absolute Gasteiger partial charge is 0.446 e. The van der Waals surface area contributed by atoms with Gasteiger partial charge in [-0.05, 0) is 26.0 Å². The Morgan fingerprint density at radius 1 is 1.31 bits per heavy atom. The third-order valence-corrected chi connectivity index (χ3v) is 2.89. The summed E-state index contributed by atoms with van der Waals surface area (Å²) in [5, 5.41) is 1.13. The van der Waals surface area contributed by atoms with E-state index in [1.165, 1.54) is 18.7 Å². The fourth-order valence-electron chi connectivity index (χ4n) is 1.14. The fourth-order valence-corrected chi connectivity index (χ4v) is 1.93. The Labute approximate surface area is 97.0 Å². The van der Waals surface area contributed by atoms with Crippen LogP contribution in [-0.4, -0.2) is 10.8 Å². The van der Waals surface area contributed by atoms with Gasteiger partial charge in [-0.2, -0.15) is 0 Å². The maximum absolute atomic E-state index is 11.0. The smallest absolute Gasteiger partial charge is 0.263 e. The highest BCUT2D eigenvalue weighted by molar-refractivity contribution is 7.99. The van der Waals surface area contributed by atoms with Gasteiger partial charge in [0.05, 0.1) is 5.69 Å². The molecule has 0 aliphatic carbocycles. The third-order valence-electron chi connectivity index (χ3n) is 2.13. The molecule has 0 bridgehead atoms. The summed E-state index contributed by atoms with van der Waals surface area (Å²) in [6.07, 6.45) is 0. The Morgan fingerprint density at radius 3 is 2.56 bits per heavy atom. The standard InChI is InChI=1S/C11H11NO3S/c1-6-8(3)14-11(12-6)16-10-5-4-9(15-10)7(2)13/h4-5H,1-3H3. The van der Waals surface area contributed by atoms with Crippen molar-refractivity contribution in [1.29, 1.82) is 0 Å². The summed E-state index contributed by atoms with van der Waals surface area (Å²) in [6, 6.07) is 3.38. The normalized spacial score (nSPS) is 10.7. The van der Waals surface area contributed by atoms with E-state index in [1.54, 1.807) is 12.1 Å². The van der Waals surface area contributed by atoms with Gasteiger partial charge in [0.1, 0.15) is 5.76 Å². The lowest BCUT2D eigenvalue weighted by atomic mass is 10.3. The van der Waals surface area contributed by atoms with Gasteiger partial charge in [-0.25, -0.2) is 4.98 Å². The average molecular weight is 237 g/mol. The van der Waals surface area contributed by atoms with Crippen molar-refractivity contribution in [2.45, 2.75) is 31.1 Å². The molecule has 4 nitrogen and oxygen atoms in total. The average Bonchev–Trinajstić information content (AvgIpc) is 2.76. The summed E-state index contributed by atoms with van der Waals surface area (Å²) in [4.78, 5) is 15.2. The molecule has 0 N–H and O–H groups in total. The van der Waals surface area contributed by atoms with E-state index < -0.39 is 0 Å². The molecule has 0 spiro atoms. The van der Waals surface area contributed by atoms with E-state index in [9.17, 15) is 4.79 Å². The van der Waals surface area contributed by atoms with E-state index >= 15 is 0 Å². The van der Waals surface area contributed by atoms with E-state index in [-0.39, 0.29) is 5.78 Å². The molecule has 2 aromatic heterocycles. The number of rotatable bonds is 3. The summed E-state index contributed by atoms with van der Waals surface area (Å²) >= 11 is 1.26. The number of nitrogens with zero attached hydrogens (tertiary/aromatic N) is 1. The van der Waals surface area contributed by atoms with Crippen LogP contribution in [0.25, 0.3) is 0 Å². The number of oxazole rings is 1. The van der Waals surface area contributed by atoms with Gasteiger partial charge in [-0.3, -0.25) is 4.79 Å². The first kappa shape index (κ1) is 11.0. The lowest BCUT2D eigenvalue weighted by molar-refractivity contribution is 0.0982. The van der Waals surface area contributed by atoms with Crippen LogP contribution in [0.3, 0.4) is 0 Å². The number of aryl methyl sites for hydroxylation is 2. The second kappa shape index (κ2) is 4.17. The predicted octanol–water partition coefficient (Wildman–Crippen LogP) is 3.24. The quantitative estimate of drug-likeness (QED) is 0.767. The summed E-state index contributed by atoms with van der Waals surface area (Å²) in [5.41, 5.74) is 0.862. The molecule has 2 aromatic rings. The number of hydrogen-bond acceptors (Lipinski definition) is 5. The van der Waals surface area contributed by atoms with E-state index in [0.717, 1.165) is 11.5 Å². The van der Waals surface area contributed by atoms with Crippen molar-refractivity contribution in [1.82, 2.24) is 4.98 Å². The van der Waals surface area contributed by atoms with E-state index in [1.807, 2.05) is 13.8 Å². The molecule has 0 atom stereocenters. The van der Waals surface area contributed by atoms with Gasteiger partial charge in [0.2, 0.25) is 0 Å². The molecule has 16 heavy (non-hydrogen) atoms. The van der Waals surface area contributed by atoms with Gasteiger partial charge in [0.15, 0.2) is 16.6 Å². The molecular weight excluding hydrogens is 226 g/mol. The zero-order chi connectivity index (χ0) is 11.7. The second-order valence-corrected chi connectivity index (χ2v) is 4.35. The topological polar surface area (TPSA) is 56.2 Å². The van der Waals surface area contributed by atoms with Crippen LogP contribution in [0, 0.1) is 13.8 Å². The third kappa shape index (κ3) is 2.19. The van der Waals surface area contributed by atoms with Crippen LogP contribution in [0.15, 0.2) is 31.3 Å². The Morgan fingerprint density at radius 2 is 2.06 bits per heavy atom. The number of Topliss-reactive ketones (excluding diaryl/α,β-unsaturated/α-hetero) is 1. The highest BCUT2D eigenvalue weighted by Gasteiger charge is 2.11. The van der Waals surface area contributed by atoms with Crippen molar-refractivity contribution in [3.63, 3.8) is 0 Å². The maximum Gasteiger partial charge on any atom is 0.263 e. The lowest BCUT2D eigenvalue weighted by Crippen LogP contribution is -1.85. The number of ketones is 1. The van der Waals surface area contributed by atoms with Crippen molar-refractivity contribution in [3.8, 4) is 0 Å². The summed E-state index contributed by atoms with van der Waals surface area (Å²) in [7, 11) is 0. The molecule has 0 amide bonds. The first-order valence-electron chi connectivity index (χ1n) is 4.79. The minimum Gasteiger partial charge on any atom is -0.446 e. The SMILES string of the molecule is CC(=O)c1ccc(Sc2nc(C)c(C)o2)o1. The van der Waals surface area contributed by atoms with E-state index in [2.05, 4.69) is 4.98 Å². The summed E-state index contributed by atoms with van der Waals surface area (Å²) < 4.78 is 10.7. The van der Waals surface area contributed by atoms with Crippen LogP contribution in [0.1, 0.15) is 28.9 Å². The molecule has 2 heterocycles. The highest BCUT2D eigenvalue weighted by atomic mass is 32.2. The maximum atomic E-state index is 11.0. The van der Waals surface area contributed by atoms with E-state index in [0.29, 0.717) is 16.1 Å². The first-order chi connectivity index (χ1) is 7.56. The molecule has 0 fully saturated rings. The molecule has 0 aliphatic rings. The zero-order valence-electron chi connectivity index (χ0n) is 9.23. The summed E-state index contributed by atoms with van der Waals surface area (Å²) in [5.74, 6) is 1.05. The van der Waals surface area contributed by atoms with Crippen LogP contribution < -0.4 is 0 Å². The number of furan rings is 1. The minimum atomic E-state index is -0.0911. The van der Waals surface area contributed by atoms with Crippen molar-refractivity contribution < 1.29 is 13.6 Å². The molecule has 0 radical (unpaired) electrons. The monoisotopic (exact) mass is 237 g/mol. The van der Waals surface area contributed by atoms with Crippen LogP contribution in [0.2, 0.25) is 0 Å². The van der Waals surface area contributed by atoms with Gasteiger partial charge in [0, 0.05) is 18.7 Å². The van der Waals surface area contributed by atoms with Gasteiger partial charge in [-0.15, -0.1) is 0 Å². The number of hydrogen-bond donors (Lipinski definition) is 0. The minimum absolute atomic E-state index is 0.0911.